The summed E-state index contributed by atoms with van der Waals surface area (Å²) in [5.41, 5.74) is 2.16. The summed E-state index contributed by atoms with van der Waals surface area (Å²) < 4.78 is 0. The van der Waals surface area contributed by atoms with Crippen molar-refractivity contribution in [3.8, 4) is 0 Å². The predicted octanol–water partition coefficient (Wildman–Crippen LogP) is 1.80. The number of amides is 1. The summed E-state index contributed by atoms with van der Waals surface area (Å²) in [6.07, 6.45) is 5.27. The highest BCUT2D eigenvalue weighted by molar-refractivity contribution is 7.98. The van der Waals surface area contributed by atoms with Gasteiger partial charge in [0, 0.05) is 56.5 Å². The quantitative estimate of drug-likeness (QED) is 0.388. The Kier molecular flexibility index (Phi) is 6.46. The van der Waals surface area contributed by atoms with Crippen molar-refractivity contribution < 1.29 is 4.79 Å². The monoisotopic (exact) mass is 426 g/mol. The van der Waals surface area contributed by atoms with Gasteiger partial charge in [0.1, 0.15) is 11.4 Å². The second-order valence-corrected chi connectivity index (χ2v) is 8.09. The number of anilines is 2. The molecule has 1 fully saturated rings. The van der Waals surface area contributed by atoms with Gasteiger partial charge in [0.25, 0.3) is 5.91 Å². The van der Waals surface area contributed by atoms with Crippen molar-refractivity contribution in [3.05, 3.63) is 36.2 Å². The van der Waals surface area contributed by atoms with Crippen LogP contribution in [0.5, 0.6) is 0 Å². The first kappa shape index (κ1) is 20.6. The first-order chi connectivity index (χ1) is 14.6. The van der Waals surface area contributed by atoms with E-state index in [0.717, 1.165) is 49.3 Å². The SMILES string of the molecule is CSc1ncc(C(=O)NCCN2CCN(C)CC2)c(Nc2ccc3cn[nH]c3c2)n1. The molecule has 0 unspecified atom stereocenters. The summed E-state index contributed by atoms with van der Waals surface area (Å²) in [7, 11) is 2.13. The maximum absolute atomic E-state index is 12.8. The smallest absolute Gasteiger partial charge is 0.256 e. The number of aromatic amines is 1. The highest BCUT2D eigenvalue weighted by atomic mass is 32.2. The highest BCUT2D eigenvalue weighted by Crippen LogP contribution is 2.23. The Balaban J connectivity index is 1.44. The lowest BCUT2D eigenvalue weighted by Gasteiger charge is -2.32. The molecule has 2 aromatic heterocycles. The van der Waals surface area contributed by atoms with Crippen LogP contribution in [0.3, 0.4) is 0 Å². The van der Waals surface area contributed by atoms with Crippen molar-refractivity contribution in [3.63, 3.8) is 0 Å². The van der Waals surface area contributed by atoms with Crippen molar-refractivity contribution in [2.24, 2.45) is 0 Å². The number of fused-ring (bicyclic) bond motifs is 1. The molecule has 1 aliphatic rings. The van der Waals surface area contributed by atoms with Gasteiger partial charge >= 0.3 is 0 Å². The van der Waals surface area contributed by atoms with Crippen molar-refractivity contribution >= 4 is 40.1 Å². The van der Waals surface area contributed by atoms with Gasteiger partial charge in [-0.3, -0.25) is 14.8 Å². The Morgan fingerprint density at radius 1 is 1.23 bits per heavy atom. The van der Waals surface area contributed by atoms with Crippen LogP contribution < -0.4 is 10.6 Å². The van der Waals surface area contributed by atoms with Gasteiger partial charge in [-0.25, -0.2) is 9.97 Å². The molecule has 0 spiro atoms. The van der Waals surface area contributed by atoms with Crippen molar-refractivity contribution in [1.29, 1.82) is 0 Å². The van der Waals surface area contributed by atoms with E-state index >= 15 is 0 Å². The van der Waals surface area contributed by atoms with Crippen LogP contribution in [0.25, 0.3) is 10.9 Å². The van der Waals surface area contributed by atoms with E-state index in [9.17, 15) is 4.79 Å². The number of rotatable bonds is 7. The number of benzene rings is 1. The first-order valence-electron chi connectivity index (χ1n) is 9.92. The number of piperazine rings is 1. The second kappa shape index (κ2) is 9.41. The molecule has 9 nitrogen and oxygen atoms in total. The molecule has 3 aromatic rings. The summed E-state index contributed by atoms with van der Waals surface area (Å²) in [6, 6.07) is 5.85. The third kappa shape index (κ3) is 4.89. The number of likely N-dealkylation sites (N-methyl/N-ethyl adjacent to an activating group) is 1. The van der Waals surface area contributed by atoms with Crippen LogP contribution in [0.2, 0.25) is 0 Å². The van der Waals surface area contributed by atoms with Gasteiger partial charge in [-0.1, -0.05) is 11.8 Å². The number of thioether (sulfide) groups is 1. The molecule has 30 heavy (non-hydrogen) atoms. The Bertz CT molecular complexity index is 1010. The second-order valence-electron chi connectivity index (χ2n) is 7.32. The molecule has 1 aromatic carbocycles. The number of hydrogen-bond donors (Lipinski definition) is 3. The third-order valence-corrected chi connectivity index (χ3v) is 5.77. The number of hydrogen-bond acceptors (Lipinski definition) is 8. The first-order valence-corrected chi connectivity index (χ1v) is 11.1. The molecular formula is C20H26N8OS. The average Bonchev–Trinajstić information content (AvgIpc) is 3.23. The van der Waals surface area contributed by atoms with Crippen LogP contribution in [0.4, 0.5) is 11.5 Å². The Labute approximate surface area is 179 Å². The molecule has 3 N–H and O–H groups in total. The van der Waals surface area contributed by atoms with Gasteiger partial charge in [-0.2, -0.15) is 5.10 Å². The van der Waals surface area contributed by atoms with E-state index < -0.39 is 0 Å². The molecule has 0 atom stereocenters. The van der Waals surface area contributed by atoms with Crippen LogP contribution in [-0.4, -0.2) is 88.4 Å². The Hall–Kier alpha value is -2.69. The van der Waals surface area contributed by atoms with E-state index in [1.165, 1.54) is 11.8 Å². The molecule has 0 radical (unpaired) electrons. The Morgan fingerprint density at radius 3 is 2.87 bits per heavy atom. The summed E-state index contributed by atoms with van der Waals surface area (Å²) in [5.74, 6) is 0.312. The molecule has 1 saturated heterocycles. The molecule has 0 aliphatic carbocycles. The minimum absolute atomic E-state index is 0.179. The lowest BCUT2D eigenvalue weighted by molar-refractivity contribution is 0.0941. The van der Waals surface area contributed by atoms with Gasteiger partial charge in [0.2, 0.25) is 0 Å². The predicted molar refractivity (Wildman–Crippen MR) is 119 cm³/mol. The average molecular weight is 427 g/mol. The van der Waals surface area contributed by atoms with Crippen LogP contribution >= 0.6 is 11.8 Å². The third-order valence-electron chi connectivity index (χ3n) is 5.21. The lowest BCUT2D eigenvalue weighted by Crippen LogP contribution is -2.46. The van der Waals surface area contributed by atoms with Crippen molar-refractivity contribution in [2.75, 3.05) is 57.9 Å². The topological polar surface area (TPSA) is 102 Å². The highest BCUT2D eigenvalue weighted by Gasteiger charge is 2.17. The van der Waals surface area contributed by atoms with Crippen LogP contribution in [0, 0.1) is 0 Å². The summed E-state index contributed by atoms with van der Waals surface area (Å²) in [6.45, 7) is 5.61. The molecule has 1 aliphatic heterocycles. The van der Waals surface area contributed by atoms with Crippen molar-refractivity contribution in [2.45, 2.75) is 5.16 Å². The molecule has 4 rings (SSSR count). The largest absolute Gasteiger partial charge is 0.351 e. The van der Waals surface area contributed by atoms with Gasteiger partial charge in [-0.15, -0.1) is 0 Å². The fraction of sp³-hybridized carbons (Fsp3) is 0.400. The molecule has 10 heteroatoms. The zero-order chi connectivity index (χ0) is 20.9. The summed E-state index contributed by atoms with van der Waals surface area (Å²) in [4.78, 5) is 26.3. The van der Waals surface area contributed by atoms with E-state index in [1.54, 1.807) is 12.4 Å². The minimum atomic E-state index is -0.179. The molecule has 1 amide bonds. The lowest BCUT2D eigenvalue weighted by atomic mass is 10.2. The van der Waals surface area contributed by atoms with E-state index in [0.29, 0.717) is 23.1 Å². The van der Waals surface area contributed by atoms with E-state index in [1.807, 2.05) is 24.5 Å². The van der Waals surface area contributed by atoms with E-state index in [4.69, 9.17) is 0 Å². The molecule has 0 saturated carbocycles. The van der Waals surface area contributed by atoms with Crippen molar-refractivity contribution in [1.82, 2.24) is 35.3 Å². The molecule has 158 valence electrons. The Morgan fingerprint density at radius 2 is 2.07 bits per heavy atom. The van der Waals surface area contributed by atoms with E-state index in [-0.39, 0.29) is 5.91 Å². The maximum atomic E-state index is 12.8. The fourth-order valence-electron chi connectivity index (χ4n) is 3.37. The van der Waals surface area contributed by atoms with Gasteiger partial charge in [0.05, 0.1) is 11.7 Å². The summed E-state index contributed by atoms with van der Waals surface area (Å²) in [5, 5.41) is 14.9. The minimum Gasteiger partial charge on any atom is -0.351 e. The number of nitrogens with one attached hydrogen (secondary N) is 3. The fourth-order valence-corrected chi connectivity index (χ4v) is 3.71. The zero-order valence-corrected chi connectivity index (χ0v) is 18.0. The molecular weight excluding hydrogens is 400 g/mol. The zero-order valence-electron chi connectivity index (χ0n) is 17.2. The van der Waals surface area contributed by atoms with Gasteiger partial charge in [0.15, 0.2) is 5.16 Å². The molecule has 0 bridgehead atoms. The molecule has 3 heterocycles. The maximum Gasteiger partial charge on any atom is 0.256 e. The number of carbonyl (C=O) groups is 1. The van der Waals surface area contributed by atoms with Crippen LogP contribution in [0.15, 0.2) is 35.7 Å². The van der Waals surface area contributed by atoms with Crippen LogP contribution in [0.1, 0.15) is 10.4 Å². The normalized spacial score (nSPS) is 15.4. The number of aromatic nitrogens is 4. The number of H-pyrrole nitrogens is 1. The van der Waals surface area contributed by atoms with Crippen LogP contribution in [-0.2, 0) is 0 Å². The number of carbonyl (C=O) groups excluding carboxylic acids is 1. The summed E-state index contributed by atoms with van der Waals surface area (Å²) >= 11 is 1.43. The van der Waals surface area contributed by atoms with E-state index in [2.05, 4.69) is 47.6 Å². The van der Waals surface area contributed by atoms with Gasteiger partial charge < -0.3 is 15.5 Å². The van der Waals surface area contributed by atoms with Gasteiger partial charge in [-0.05, 0) is 31.5 Å². The standard InChI is InChI=1S/C20H26N8OS/c1-27-7-9-28(10-8-27)6-5-21-19(29)16-13-22-20(30-2)25-18(16)24-15-4-3-14-12-23-26-17(14)11-15/h3-4,11-13H,5-10H2,1-2H3,(H,21,29)(H,23,26)(H,22,24,25). The number of nitrogens with zero attached hydrogens (tertiary/aromatic N) is 5.